The Morgan fingerprint density at radius 3 is 2.42 bits per heavy atom. The molecule has 0 spiro atoms. The Labute approximate surface area is 73.3 Å². The Morgan fingerprint density at radius 1 is 1.58 bits per heavy atom. The molecule has 0 saturated carbocycles. The van der Waals surface area contributed by atoms with Crippen molar-refractivity contribution in [3.8, 4) is 0 Å². The van der Waals surface area contributed by atoms with Gasteiger partial charge in [-0.3, -0.25) is 9.36 Å². The number of hydrogen-bond donors (Lipinski definition) is 0. The van der Waals surface area contributed by atoms with Gasteiger partial charge in [0.1, 0.15) is 0 Å². The molecule has 1 atom stereocenters. The number of carbonyl (C=O) groups is 1. The van der Waals surface area contributed by atoms with Crippen molar-refractivity contribution < 1.29 is 13.9 Å². The van der Waals surface area contributed by atoms with Gasteiger partial charge in [0.15, 0.2) is 0 Å². The van der Waals surface area contributed by atoms with E-state index in [-0.39, 0.29) is 12.4 Å². The van der Waals surface area contributed by atoms with Crippen molar-refractivity contribution >= 4 is 13.8 Å². The van der Waals surface area contributed by atoms with Crippen LogP contribution in [0.5, 0.6) is 0 Å². The van der Waals surface area contributed by atoms with Crippen LogP contribution in [-0.4, -0.2) is 37.4 Å². The standard InChI is InChI=1S/C7H16NO3P/c1-7(2)11-12(4,10)6-8(3)5-9/h5,7H,6H2,1-4H3/t12-/m0/s1. The van der Waals surface area contributed by atoms with E-state index in [9.17, 15) is 9.36 Å². The quantitative estimate of drug-likeness (QED) is 0.489. The Morgan fingerprint density at radius 2 is 2.08 bits per heavy atom. The highest BCUT2D eigenvalue weighted by Crippen LogP contribution is 2.43. The summed E-state index contributed by atoms with van der Waals surface area (Å²) in [7, 11) is -1.05. The minimum absolute atomic E-state index is 0.0686. The van der Waals surface area contributed by atoms with Crippen LogP contribution in [0.2, 0.25) is 0 Å². The molecule has 0 heterocycles. The molecule has 12 heavy (non-hydrogen) atoms. The molecule has 0 unspecified atom stereocenters. The number of nitrogens with zero attached hydrogens (tertiary/aromatic N) is 1. The summed E-state index contributed by atoms with van der Waals surface area (Å²) < 4.78 is 16.7. The van der Waals surface area contributed by atoms with Gasteiger partial charge in [-0.05, 0) is 13.8 Å². The third-order valence-electron chi connectivity index (χ3n) is 1.09. The average molecular weight is 193 g/mol. The molecule has 0 saturated heterocycles. The third-order valence-corrected chi connectivity index (χ3v) is 2.92. The lowest BCUT2D eigenvalue weighted by atomic mass is 10.5. The Hall–Kier alpha value is -0.340. The van der Waals surface area contributed by atoms with Gasteiger partial charge in [-0.1, -0.05) is 0 Å². The maximum Gasteiger partial charge on any atom is 0.219 e. The molecule has 5 heteroatoms. The molecule has 1 amide bonds. The van der Waals surface area contributed by atoms with Crippen LogP contribution in [0.3, 0.4) is 0 Å². The second-order valence-electron chi connectivity index (χ2n) is 3.17. The molecule has 4 nitrogen and oxygen atoms in total. The van der Waals surface area contributed by atoms with Gasteiger partial charge in [-0.2, -0.15) is 0 Å². The predicted octanol–water partition coefficient (Wildman–Crippen LogP) is 1.36. The van der Waals surface area contributed by atoms with Crippen LogP contribution in [0, 0.1) is 0 Å². The molecule has 0 N–H and O–H groups in total. The van der Waals surface area contributed by atoms with Gasteiger partial charge < -0.3 is 9.42 Å². The fourth-order valence-electron chi connectivity index (χ4n) is 0.918. The van der Waals surface area contributed by atoms with E-state index in [1.54, 1.807) is 7.05 Å². The van der Waals surface area contributed by atoms with E-state index in [1.165, 1.54) is 11.6 Å². The first kappa shape index (κ1) is 11.7. The van der Waals surface area contributed by atoms with Gasteiger partial charge in [-0.15, -0.1) is 0 Å². The molecule has 0 rings (SSSR count). The van der Waals surface area contributed by atoms with E-state index in [2.05, 4.69) is 0 Å². The summed E-state index contributed by atoms with van der Waals surface area (Å²) in [4.78, 5) is 11.5. The first-order chi connectivity index (χ1) is 5.37. The first-order valence-corrected chi connectivity index (χ1v) is 6.03. The van der Waals surface area contributed by atoms with Crippen molar-refractivity contribution in [2.75, 3.05) is 20.0 Å². The van der Waals surface area contributed by atoms with E-state index >= 15 is 0 Å². The van der Waals surface area contributed by atoms with Crippen LogP contribution in [0.1, 0.15) is 13.8 Å². The fourth-order valence-corrected chi connectivity index (χ4v) is 2.75. The van der Waals surface area contributed by atoms with Crippen LogP contribution in [-0.2, 0) is 13.9 Å². The zero-order chi connectivity index (χ0) is 9.78. The minimum atomic E-state index is -2.63. The highest BCUT2D eigenvalue weighted by Gasteiger charge is 2.19. The van der Waals surface area contributed by atoms with E-state index < -0.39 is 7.37 Å². The summed E-state index contributed by atoms with van der Waals surface area (Å²) in [5.41, 5.74) is 0. The Bertz CT molecular complexity index is 193. The van der Waals surface area contributed by atoms with Crippen molar-refractivity contribution in [3.05, 3.63) is 0 Å². The lowest BCUT2D eigenvalue weighted by Gasteiger charge is -2.20. The Balaban J connectivity index is 4.04. The largest absolute Gasteiger partial charge is 0.339 e. The van der Waals surface area contributed by atoms with E-state index in [0.29, 0.717) is 6.41 Å². The number of rotatable bonds is 5. The molecule has 0 aromatic carbocycles. The van der Waals surface area contributed by atoms with Gasteiger partial charge in [-0.25, -0.2) is 0 Å². The van der Waals surface area contributed by atoms with Gasteiger partial charge in [0.05, 0.1) is 12.4 Å². The molecule has 0 radical (unpaired) electrons. The molecular formula is C7H16NO3P. The summed E-state index contributed by atoms with van der Waals surface area (Å²) in [6.45, 7) is 5.17. The molecule has 0 aliphatic carbocycles. The van der Waals surface area contributed by atoms with Crippen LogP contribution in [0.25, 0.3) is 0 Å². The molecule has 0 aliphatic rings. The summed E-state index contributed by atoms with van der Waals surface area (Å²) in [5, 5.41) is 0. The van der Waals surface area contributed by atoms with Crippen LogP contribution in [0.15, 0.2) is 0 Å². The lowest BCUT2D eigenvalue weighted by Crippen LogP contribution is -2.19. The van der Waals surface area contributed by atoms with Crippen molar-refractivity contribution in [1.29, 1.82) is 0 Å². The monoisotopic (exact) mass is 193 g/mol. The van der Waals surface area contributed by atoms with Gasteiger partial charge in [0.2, 0.25) is 13.8 Å². The molecule has 0 aliphatic heterocycles. The second kappa shape index (κ2) is 4.63. The summed E-state index contributed by atoms with van der Waals surface area (Å²) in [6, 6.07) is 0. The van der Waals surface area contributed by atoms with Crippen molar-refractivity contribution in [3.63, 3.8) is 0 Å². The molecule has 0 aromatic rings. The number of hydrogen-bond acceptors (Lipinski definition) is 3. The first-order valence-electron chi connectivity index (χ1n) is 3.78. The van der Waals surface area contributed by atoms with Crippen molar-refractivity contribution in [2.45, 2.75) is 20.0 Å². The van der Waals surface area contributed by atoms with E-state index in [0.717, 1.165) is 0 Å². The van der Waals surface area contributed by atoms with Gasteiger partial charge in [0, 0.05) is 13.7 Å². The molecular weight excluding hydrogens is 177 g/mol. The van der Waals surface area contributed by atoms with E-state index in [1.807, 2.05) is 13.8 Å². The lowest BCUT2D eigenvalue weighted by molar-refractivity contribution is -0.116. The fraction of sp³-hybridized carbons (Fsp3) is 0.857. The smallest absolute Gasteiger partial charge is 0.219 e. The second-order valence-corrected chi connectivity index (χ2v) is 5.69. The number of amides is 1. The molecule has 0 bridgehead atoms. The maximum atomic E-state index is 11.6. The normalized spacial score (nSPS) is 15.8. The zero-order valence-electron chi connectivity index (χ0n) is 7.98. The van der Waals surface area contributed by atoms with E-state index in [4.69, 9.17) is 4.52 Å². The topological polar surface area (TPSA) is 46.6 Å². The van der Waals surface area contributed by atoms with Crippen molar-refractivity contribution in [1.82, 2.24) is 4.90 Å². The zero-order valence-corrected chi connectivity index (χ0v) is 8.88. The highest BCUT2D eigenvalue weighted by atomic mass is 31.2. The van der Waals surface area contributed by atoms with Gasteiger partial charge in [0.25, 0.3) is 0 Å². The molecule has 0 aromatic heterocycles. The van der Waals surface area contributed by atoms with Crippen LogP contribution < -0.4 is 0 Å². The molecule has 72 valence electrons. The highest BCUT2D eigenvalue weighted by molar-refractivity contribution is 7.58. The summed E-state index contributed by atoms with van der Waals surface area (Å²) >= 11 is 0. The SMILES string of the molecule is CC(C)O[P@](C)(=O)CN(C)C=O. The van der Waals surface area contributed by atoms with Crippen molar-refractivity contribution in [2.24, 2.45) is 0 Å². The van der Waals surface area contributed by atoms with Crippen LogP contribution >= 0.6 is 7.37 Å². The van der Waals surface area contributed by atoms with Crippen LogP contribution in [0.4, 0.5) is 0 Å². The third kappa shape index (κ3) is 5.33. The average Bonchev–Trinajstić information content (AvgIpc) is 1.83. The summed E-state index contributed by atoms with van der Waals surface area (Å²) in [5.74, 6) is 0. The minimum Gasteiger partial charge on any atom is -0.339 e. The Kier molecular flexibility index (Phi) is 4.50. The molecule has 0 fully saturated rings. The summed E-state index contributed by atoms with van der Waals surface area (Å²) in [6.07, 6.45) is 0.745. The maximum absolute atomic E-state index is 11.6. The van der Waals surface area contributed by atoms with Gasteiger partial charge >= 0.3 is 0 Å². The predicted molar refractivity (Wildman–Crippen MR) is 48.4 cm³/mol. The number of carbonyl (C=O) groups excluding carboxylic acids is 1.